The number of nitrogens with one attached hydrogen (secondary N) is 2. The summed E-state index contributed by atoms with van der Waals surface area (Å²) in [5.41, 5.74) is 2.04. The standard InChI is InChI=1S/C21H26F3N5OS.C3H8.C2H6/c1-4-14(11-30)9-10-25-18-17(19-28-15-7-5-6-8-16(15)31-19)12(2)26-20(29-18)27-13(3)21(22,23)24;1-3-2;1-2/h5-8,13-14,30H,4,9-11H2,1-3H3,(H2,25,26,27,29);3H2,1-2H3;1-2H3. The molecule has 3 N–H and O–H groups in total. The van der Waals surface area contributed by atoms with E-state index in [2.05, 4.69) is 39.4 Å². The second-order valence-corrected chi connectivity index (χ2v) is 9.16. The van der Waals surface area contributed by atoms with E-state index in [-0.39, 0.29) is 18.5 Å². The summed E-state index contributed by atoms with van der Waals surface area (Å²) >= 11 is 1.48. The van der Waals surface area contributed by atoms with Crippen molar-refractivity contribution >= 4 is 33.3 Å². The summed E-state index contributed by atoms with van der Waals surface area (Å²) in [7, 11) is 0. The summed E-state index contributed by atoms with van der Waals surface area (Å²) in [6, 6.07) is 5.92. The number of aliphatic hydroxyl groups is 1. The van der Waals surface area contributed by atoms with Crippen LogP contribution in [0.5, 0.6) is 0 Å². The first kappa shape index (κ1) is 31.6. The van der Waals surface area contributed by atoms with E-state index >= 15 is 0 Å². The van der Waals surface area contributed by atoms with E-state index in [4.69, 9.17) is 0 Å². The van der Waals surface area contributed by atoms with Crippen molar-refractivity contribution < 1.29 is 18.3 Å². The monoisotopic (exact) mass is 527 g/mol. The molecule has 0 spiro atoms. The van der Waals surface area contributed by atoms with E-state index in [1.54, 1.807) is 6.92 Å². The maximum absolute atomic E-state index is 13.0. The quantitative estimate of drug-likeness (QED) is 0.265. The van der Waals surface area contributed by atoms with Crippen LogP contribution in [0.4, 0.5) is 24.9 Å². The number of thiazole rings is 1. The van der Waals surface area contributed by atoms with E-state index in [0.717, 1.165) is 23.6 Å². The van der Waals surface area contributed by atoms with Crippen LogP contribution in [-0.4, -0.2) is 45.4 Å². The third-order valence-electron chi connectivity index (χ3n) is 5.11. The van der Waals surface area contributed by atoms with Crippen molar-refractivity contribution in [1.82, 2.24) is 15.0 Å². The molecule has 0 amide bonds. The van der Waals surface area contributed by atoms with E-state index < -0.39 is 12.2 Å². The number of aliphatic hydroxyl groups excluding tert-OH is 1. The fourth-order valence-corrected chi connectivity index (χ4v) is 4.16. The minimum Gasteiger partial charge on any atom is -0.396 e. The number of anilines is 2. The third kappa shape index (κ3) is 9.20. The summed E-state index contributed by atoms with van der Waals surface area (Å²) in [4.78, 5) is 13.3. The highest BCUT2D eigenvalue weighted by molar-refractivity contribution is 7.21. The van der Waals surface area contributed by atoms with Crippen LogP contribution in [-0.2, 0) is 0 Å². The van der Waals surface area contributed by atoms with Gasteiger partial charge in [0.1, 0.15) is 16.9 Å². The number of para-hydroxylation sites is 1. The van der Waals surface area contributed by atoms with Gasteiger partial charge < -0.3 is 15.7 Å². The van der Waals surface area contributed by atoms with Gasteiger partial charge >= 0.3 is 6.18 Å². The van der Waals surface area contributed by atoms with Crippen molar-refractivity contribution in [3.8, 4) is 10.6 Å². The van der Waals surface area contributed by atoms with Gasteiger partial charge in [0.25, 0.3) is 0 Å². The zero-order chi connectivity index (χ0) is 27.3. The number of fused-ring (bicyclic) bond motifs is 1. The molecule has 202 valence electrons. The third-order valence-corrected chi connectivity index (χ3v) is 6.17. The molecule has 0 fully saturated rings. The first-order chi connectivity index (χ1) is 17.1. The Hall–Kier alpha value is -2.46. The van der Waals surface area contributed by atoms with E-state index in [1.165, 1.54) is 17.8 Å². The zero-order valence-electron chi connectivity index (χ0n) is 22.3. The average Bonchev–Trinajstić information content (AvgIpc) is 3.26. The molecule has 2 atom stereocenters. The predicted octanol–water partition coefficient (Wildman–Crippen LogP) is 7.69. The molecule has 3 rings (SSSR count). The molecular formula is C26H40F3N5OS. The summed E-state index contributed by atoms with van der Waals surface area (Å²) in [6.07, 6.45) is -1.62. The minimum atomic E-state index is -4.41. The smallest absolute Gasteiger partial charge is 0.396 e. The fourth-order valence-electron chi connectivity index (χ4n) is 3.10. The molecule has 0 bridgehead atoms. The van der Waals surface area contributed by atoms with Crippen LogP contribution in [0.3, 0.4) is 0 Å². The second kappa shape index (κ2) is 15.6. The molecule has 0 aliphatic carbocycles. The summed E-state index contributed by atoms with van der Waals surface area (Å²) in [5.74, 6) is 0.476. The van der Waals surface area contributed by atoms with Gasteiger partial charge in [-0.3, -0.25) is 0 Å². The Morgan fingerprint density at radius 2 is 1.69 bits per heavy atom. The number of rotatable bonds is 9. The van der Waals surface area contributed by atoms with Crippen molar-refractivity contribution in [2.45, 2.75) is 79.9 Å². The van der Waals surface area contributed by atoms with Gasteiger partial charge in [-0.05, 0) is 38.3 Å². The summed E-state index contributed by atoms with van der Waals surface area (Å²) in [6.45, 7) is 13.6. The van der Waals surface area contributed by atoms with Crippen LogP contribution in [0, 0.1) is 12.8 Å². The van der Waals surface area contributed by atoms with Gasteiger partial charge in [0.05, 0.1) is 21.5 Å². The number of alkyl halides is 3. The SMILES string of the molecule is CC.CCC.CCC(CO)CCNc1nc(NC(C)C(F)(F)F)nc(C)c1-c1nc2ccccc2s1. The topological polar surface area (TPSA) is 83.0 Å². The number of halogens is 3. The predicted molar refractivity (Wildman–Crippen MR) is 146 cm³/mol. The van der Waals surface area contributed by atoms with Gasteiger partial charge in [-0.15, -0.1) is 11.3 Å². The van der Waals surface area contributed by atoms with Crippen molar-refractivity contribution in [1.29, 1.82) is 0 Å². The lowest BCUT2D eigenvalue weighted by Gasteiger charge is -2.19. The van der Waals surface area contributed by atoms with E-state index in [9.17, 15) is 18.3 Å². The summed E-state index contributed by atoms with van der Waals surface area (Å²) < 4.78 is 40.0. The Kier molecular flexibility index (Phi) is 13.7. The molecule has 3 aromatic rings. The first-order valence-electron chi connectivity index (χ1n) is 12.6. The first-order valence-corrected chi connectivity index (χ1v) is 13.4. The van der Waals surface area contributed by atoms with Crippen LogP contribution in [0.1, 0.15) is 66.5 Å². The lowest BCUT2D eigenvalue weighted by atomic mass is 10.0. The highest BCUT2D eigenvalue weighted by atomic mass is 32.1. The van der Waals surface area contributed by atoms with Crippen LogP contribution < -0.4 is 10.6 Å². The van der Waals surface area contributed by atoms with Crippen LogP contribution in [0.25, 0.3) is 20.8 Å². The Morgan fingerprint density at radius 3 is 2.25 bits per heavy atom. The van der Waals surface area contributed by atoms with E-state index in [0.29, 0.717) is 35.0 Å². The van der Waals surface area contributed by atoms with E-state index in [1.807, 2.05) is 45.0 Å². The Labute approximate surface area is 216 Å². The highest BCUT2D eigenvalue weighted by Gasteiger charge is 2.36. The minimum absolute atomic E-state index is 0.0849. The molecule has 36 heavy (non-hydrogen) atoms. The van der Waals surface area contributed by atoms with Crippen molar-refractivity contribution in [3.05, 3.63) is 30.0 Å². The Balaban J connectivity index is 0.00000120. The number of hydrogen-bond acceptors (Lipinski definition) is 7. The molecule has 1 aromatic carbocycles. The maximum Gasteiger partial charge on any atom is 0.408 e. The molecule has 10 heteroatoms. The average molecular weight is 528 g/mol. The van der Waals surface area contributed by atoms with Crippen molar-refractivity contribution in [2.24, 2.45) is 5.92 Å². The molecule has 2 unspecified atom stereocenters. The second-order valence-electron chi connectivity index (χ2n) is 8.13. The molecule has 0 saturated carbocycles. The molecule has 2 heterocycles. The lowest BCUT2D eigenvalue weighted by Crippen LogP contribution is -2.34. The molecule has 0 saturated heterocycles. The number of benzene rings is 1. The molecule has 6 nitrogen and oxygen atoms in total. The number of aromatic nitrogens is 3. The molecular weight excluding hydrogens is 487 g/mol. The highest BCUT2D eigenvalue weighted by Crippen LogP contribution is 2.36. The lowest BCUT2D eigenvalue weighted by molar-refractivity contribution is -0.138. The fraction of sp³-hybridized carbons (Fsp3) is 0.577. The summed E-state index contributed by atoms with van der Waals surface area (Å²) in [5, 5.41) is 15.7. The van der Waals surface area contributed by atoms with Crippen LogP contribution in [0.15, 0.2) is 24.3 Å². The number of nitrogens with zero attached hydrogens (tertiary/aromatic N) is 3. The normalized spacial score (nSPS) is 12.6. The van der Waals surface area contributed by atoms with Crippen molar-refractivity contribution in [2.75, 3.05) is 23.8 Å². The van der Waals surface area contributed by atoms with Gasteiger partial charge in [0.2, 0.25) is 5.95 Å². The van der Waals surface area contributed by atoms with Crippen LogP contribution >= 0.6 is 11.3 Å². The van der Waals surface area contributed by atoms with Gasteiger partial charge in [-0.25, -0.2) is 9.97 Å². The van der Waals surface area contributed by atoms with Gasteiger partial charge in [-0.2, -0.15) is 18.2 Å². The number of aryl methyl sites for hydroxylation is 1. The Morgan fingerprint density at radius 1 is 1.06 bits per heavy atom. The maximum atomic E-state index is 13.0. The van der Waals surface area contributed by atoms with Crippen molar-refractivity contribution in [3.63, 3.8) is 0 Å². The van der Waals surface area contributed by atoms with Gasteiger partial charge in [0, 0.05) is 13.2 Å². The number of hydrogen-bond donors (Lipinski definition) is 3. The van der Waals surface area contributed by atoms with Gasteiger partial charge in [0.15, 0.2) is 0 Å². The molecule has 0 aliphatic rings. The van der Waals surface area contributed by atoms with Crippen LogP contribution in [0.2, 0.25) is 0 Å². The molecule has 0 aliphatic heterocycles. The van der Waals surface area contributed by atoms with Gasteiger partial charge in [-0.1, -0.05) is 59.6 Å². The molecule has 2 aromatic heterocycles. The molecule has 0 radical (unpaired) electrons. The largest absolute Gasteiger partial charge is 0.408 e. The zero-order valence-corrected chi connectivity index (χ0v) is 23.1. The Bertz CT molecular complexity index is 1010.